The van der Waals surface area contributed by atoms with E-state index >= 15 is 0 Å². The summed E-state index contributed by atoms with van der Waals surface area (Å²) >= 11 is 0. The number of halogens is 3. The number of fused-ring (bicyclic) bond motifs is 1. The highest BCUT2D eigenvalue weighted by Crippen LogP contribution is 2.42. The van der Waals surface area contributed by atoms with Crippen LogP contribution in [0.4, 0.5) is 13.2 Å². The maximum atomic E-state index is 13.4. The molecule has 4 nitrogen and oxygen atoms in total. The van der Waals surface area contributed by atoms with Gasteiger partial charge < -0.3 is 14.8 Å². The lowest BCUT2D eigenvalue weighted by atomic mass is 9.95. The second-order valence-corrected chi connectivity index (χ2v) is 7.16. The van der Waals surface area contributed by atoms with Crippen LogP contribution in [0.2, 0.25) is 0 Å². The topological polar surface area (TPSA) is 58.3 Å². The Morgan fingerprint density at radius 2 is 1.75 bits per heavy atom. The molecule has 1 unspecified atom stereocenters. The van der Waals surface area contributed by atoms with Crippen molar-refractivity contribution >= 4 is 0 Å². The molecule has 28 heavy (non-hydrogen) atoms. The van der Waals surface area contributed by atoms with Gasteiger partial charge in [-0.15, -0.1) is 0 Å². The van der Waals surface area contributed by atoms with Crippen LogP contribution in [0.3, 0.4) is 0 Å². The minimum absolute atomic E-state index is 0.0151. The second kappa shape index (κ2) is 6.58. The monoisotopic (exact) mass is 388 g/mol. The first-order valence-electron chi connectivity index (χ1n) is 9.00. The van der Waals surface area contributed by atoms with Gasteiger partial charge >= 0.3 is 6.18 Å². The molecular weight excluding hydrogens is 369 g/mol. The van der Waals surface area contributed by atoms with E-state index < -0.39 is 12.1 Å². The molecule has 1 aromatic heterocycles. The fraction of sp³-hybridized carbons (Fsp3) is 0.286. The molecule has 0 amide bonds. The number of hydrogen-bond donors (Lipinski definition) is 2. The number of rotatable bonds is 2. The Balaban J connectivity index is 1.94. The van der Waals surface area contributed by atoms with Crippen molar-refractivity contribution in [2.45, 2.75) is 32.5 Å². The smallest absolute Gasteiger partial charge is 0.393 e. The van der Waals surface area contributed by atoms with Crippen LogP contribution in [0.25, 0.3) is 22.6 Å². The molecule has 0 saturated heterocycles. The summed E-state index contributed by atoms with van der Waals surface area (Å²) in [5.41, 5.74) is 2.80. The molecule has 1 aliphatic rings. The highest BCUT2D eigenvalue weighted by molar-refractivity contribution is 5.75. The summed E-state index contributed by atoms with van der Waals surface area (Å²) in [6, 6.07) is 11.6. The van der Waals surface area contributed by atoms with Crippen molar-refractivity contribution in [1.29, 1.82) is 0 Å². The van der Waals surface area contributed by atoms with Gasteiger partial charge in [-0.1, -0.05) is 23.8 Å². The highest BCUT2D eigenvalue weighted by Gasteiger charge is 2.43. The quantitative estimate of drug-likeness (QED) is 0.645. The molecule has 1 aliphatic heterocycles. The molecule has 2 heterocycles. The van der Waals surface area contributed by atoms with Crippen LogP contribution in [0.5, 0.6) is 11.5 Å². The Hall–Kier alpha value is -2.96. The van der Waals surface area contributed by atoms with Gasteiger partial charge in [0.25, 0.3) is 0 Å². The minimum atomic E-state index is -4.30. The lowest BCUT2D eigenvalue weighted by Gasteiger charge is -2.27. The molecule has 0 spiro atoms. The lowest BCUT2D eigenvalue weighted by molar-refractivity contribution is -0.181. The number of aromatic nitrogens is 2. The van der Waals surface area contributed by atoms with Crippen LogP contribution < -0.4 is 0 Å². The molecule has 4 rings (SSSR count). The fourth-order valence-corrected chi connectivity index (χ4v) is 3.75. The van der Waals surface area contributed by atoms with Gasteiger partial charge in [0.2, 0.25) is 0 Å². The van der Waals surface area contributed by atoms with Crippen molar-refractivity contribution < 1.29 is 23.4 Å². The van der Waals surface area contributed by atoms with Gasteiger partial charge in [0.05, 0.1) is 17.2 Å². The van der Waals surface area contributed by atoms with E-state index in [4.69, 9.17) is 0 Å². The van der Waals surface area contributed by atoms with Crippen LogP contribution in [-0.2, 0) is 13.0 Å². The van der Waals surface area contributed by atoms with Gasteiger partial charge in [-0.25, -0.2) is 4.98 Å². The third-order valence-corrected chi connectivity index (χ3v) is 5.22. The van der Waals surface area contributed by atoms with Crippen molar-refractivity contribution in [3.05, 3.63) is 53.7 Å². The number of phenols is 2. The summed E-state index contributed by atoms with van der Waals surface area (Å²) < 4.78 is 41.7. The van der Waals surface area contributed by atoms with Crippen molar-refractivity contribution in [3.63, 3.8) is 0 Å². The average molecular weight is 388 g/mol. The normalized spacial score (nSPS) is 16.8. The first kappa shape index (κ1) is 18.4. The van der Waals surface area contributed by atoms with Gasteiger partial charge in [-0.3, -0.25) is 0 Å². The average Bonchev–Trinajstić information content (AvgIpc) is 3.02. The number of aromatic hydroxyl groups is 2. The zero-order chi connectivity index (χ0) is 20.1. The molecule has 7 heteroatoms. The summed E-state index contributed by atoms with van der Waals surface area (Å²) in [6.45, 7) is 1.58. The molecule has 146 valence electrons. The second-order valence-electron chi connectivity index (χ2n) is 7.16. The fourth-order valence-electron chi connectivity index (χ4n) is 3.75. The predicted octanol–water partition coefficient (Wildman–Crippen LogP) is 5.06. The first-order chi connectivity index (χ1) is 13.3. The first-order valence-corrected chi connectivity index (χ1v) is 9.00. The Labute approximate surface area is 159 Å². The molecule has 0 bridgehead atoms. The van der Waals surface area contributed by atoms with Gasteiger partial charge in [-0.05, 0) is 44.0 Å². The minimum Gasteiger partial charge on any atom is -0.507 e. The Bertz CT molecular complexity index is 1040. The molecule has 0 saturated carbocycles. The van der Waals surface area contributed by atoms with E-state index in [-0.39, 0.29) is 36.7 Å². The largest absolute Gasteiger partial charge is 0.507 e. The predicted molar refractivity (Wildman–Crippen MR) is 99.0 cm³/mol. The van der Waals surface area contributed by atoms with Gasteiger partial charge in [0.1, 0.15) is 17.3 Å². The van der Waals surface area contributed by atoms with E-state index in [1.807, 2.05) is 6.92 Å². The van der Waals surface area contributed by atoms with Crippen LogP contribution in [0.15, 0.2) is 42.5 Å². The number of benzene rings is 2. The third kappa shape index (κ3) is 3.10. The third-order valence-electron chi connectivity index (χ3n) is 5.22. The standard InChI is InChI=1S/C21H19F3N2O2/c1-12-6-9-18(28)15(10-12)20-25-19(14-4-2-3-5-17(14)27)16-8-7-13(11-26(16)20)21(22,23)24/h2-6,9-10,13,27-28H,7-8,11H2,1H3. The Morgan fingerprint density at radius 3 is 2.46 bits per heavy atom. The summed E-state index contributed by atoms with van der Waals surface area (Å²) in [5, 5.41) is 20.6. The Morgan fingerprint density at radius 1 is 1.04 bits per heavy atom. The van der Waals surface area contributed by atoms with Gasteiger partial charge in [-0.2, -0.15) is 13.2 Å². The number of nitrogens with zero attached hydrogens (tertiary/aromatic N) is 2. The van der Waals surface area contributed by atoms with Crippen molar-refractivity contribution in [2.24, 2.45) is 5.92 Å². The summed E-state index contributed by atoms with van der Waals surface area (Å²) in [6.07, 6.45) is -4.15. The van der Waals surface area contributed by atoms with Crippen LogP contribution in [0, 0.1) is 12.8 Å². The maximum absolute atomic E-state index is 13.4. The van der Waals surface area contributed by atoms with E-state index in [2.05, 4.69) is 4.98 Å². The number of hydrogen-bond acceptors (Lipinski definition) is 3. The van der Waals surface area contributed by atoms with E-state index in [0.29, 0.717) is 22.5 Å². The van der Waals surface area contributed by atoms with E-state index in [1.165, 1.54) is 16.7 Å². The van der Waals surface area contributed by atoms with Crippen LogP contribution in [-0.4, -0.2) is 25.9 Å². The van der Waals surface area contributed by atoms with E-state index in [9.17, 15) is 23.4 Å². The molecule has 0 radical (unpaired) electrons. The molecule has 0 fully saturated rings. The zero-order valence-corrected chi connectivity index (χ0v) is 15.2. The summed E-state index contributed by atoms with van der Waals surface area (Å²) in [7, 11) is 0. The lowest BCUT2D eigenvalue weighted by Crippen LogP contribution is -2.32. The zero-order valence-electron chi connectivity index (χ0n) is 15.2. The number of phenolic OH excluding ortho intramolecular Hbond substituents is 2. The molecule has 0 aliphatic carbocycles. The van der Waals surface area contributed by atoms with Crippen LogP contribution in [0.1, 0.15) is 17.7 Å². The number of alkyl halides is 3. The Kier molecular flexibility index (Phi) is 4.33. The van der Waals surface area contributed by atoms with Gasteiger partial charge in [0.15, 0.2) is 0 Å². The molecule has 3 aromatic rings. The SMILES string of the molecule is Cc1ccc(O)c(-c2nc(-c3ccccc3O)c3n2CC(C(F)(F)F)CC3)c1. The molecule has 2 N–H and O–H groups in total. The molecular formula is C21H19F3N2O2. The summed E-state index contributed by atoms with van der Waals surface area (Å²) in [4.78, 5) is 4.59. The van der Waals surface area contributed by atoms with E-state index in [0.717, 1.165) is 5.56 Å². The summed E-state index contributed by atoms with van der Waals surface area (Å²) in [5.74, 6) is -1.22. The molecule has 1 atom stereocenters. The number of para-hydroxylation sites is 1. The van der Waals surface area contributed by atoms with E-state index in [1.54, 1.807) is 30.3 Å². The maximum Gasteiger partial charge on any atom is 0.393 e. The van der Waals surface area contributed by atoms with Crippen molar-refractivity contribution in [3.8, 4) is 34.1 Å². The van der Waals surface area contributed by atoms with Crippen molar-refractivity contribution in [1.82, 2.24) is 9.55 Å². The number of aryl methyl sites for hydroxylation is 1. The van der Waals surface area contributed by atoms with Crippen molar-refractivity contribution in [2.75, 3.05) is 0 Å². The van der Waals surface area contributed by atoms with Crippen LogP contribution >= 0.6 is 0 Å². The van der Waals surface area contributed by atoms with Gasteiger partial charge in [0, 0.05) is 17.8 Å². The highest BCUT2D eigenvalue weighted by atomic mass is 19.4. The molecule has 2 aromatic carbocycles. The number of imidazole rings is 1.